The largest absolute Gasteiger partial charge is 0.507 e. The van der Waals surface area contributed by atoms with Gasteiger partial charge in [0.05, 0.1) is 6.20 Å². The highest BCUT2D eigenvalue weighted by Crippen LogP contribution is 2.47. The van der Waals surface area contributed by atoms with Gasteiger partial charge in [0.2, 0.25) is 0 Å². The summed E-state index contributed by atoms with van der Waals surface area (Å²) in [5.74, 6) is 0.0813. The average Bonchev–Trinajstić information content (AvgIpc) is 2.75. The minimum Gasteiger partial charge on any atom is -0.507 e. The SMILES string of the molecule is C=C(c1ncc(-c2cc3ccncc3cc2O)nn1)[C@@H]1C[C@@]2(C)CCC[C@](C)(N2)[C@H]1F. The van der Waals surface area contributed by atoms with E-state index in [1.807, 2.05) is 19.1 Å². The summed E-state index contributed by atoms with van der Waals surface area (Å²) in [4.78, 5) is 8.51. The first kappa shape index (κ1) is 20.0. The number of allylic oxidation sites excluding steroid dienone is 1. The number of aromatic hydroxyl groups is 1. The molecule has 2 saturated heterocycles. The third-order valence-corrected chi connectivity index (χ3v) is 6.97. The highest BCUT2D eigenvalue weighted by molar-refractivity contribution is 5.89. The van der Waals surface area contributed by atoms with E-state index in [1.54, 1.807) is 24.7 Å². The fraction of sp³-hybridized carbons (Fsp3) is 0.417. The lowest BCUT2D eigenvalue weighted by atomic mass is 9.64. The summed E-state index contributed by atoms with van der Waals surface area (Å²) in [5.41, 5.74) is 0.905. The number of nitrogens with zero attached hydrogens (tertiary/aromatic N) is 4. The van der Waals surface area contributed by atoms with Crippen LogP contribution in [0.25, 0.3) is 27.6 Å². The molecule has 4 atom stereocenters. The van der Waals surface area contributed by atoms with E-state index in [4.69, 9.17) is 0 Å². The van der Waals surface area contributed by atoms with Crippen LogP contribution in [0.4, 0.5) is 4.39 Å². The maximum Gasteiger partial charge on any atom is 0.177 e. The Morgan fingerprint density at radius 2 is 2.03 bits per heavy atom. The van der Waals surface area contributed by atoms with Crippen LogP contribution in [0, 0.1) is 5.92 Å². The van der Waals surface area contributed by atoms with E-state index in [2.05, 4.69) is 39.0 Å². The maximum atomic E-state index is 15.5. The molecule has 31 heavy (non-hydrogen) atoms. The smallest absolute Gasteiger partial charge is 0.177 e. The highest BCUT2D eigenvalue weighted by Gasteiger charge is 2.53. The van der Waals surface area contributed by atoms with Gasteiger partial charge < -0.3 is 10.4 Å². The lowest BCUT2D eigenvalue weighted by Gasteiger charge is -2.55. The van der Waals surface area contributed by atoms with Gasteiger partial charge in [-0.05, 0) is 68.7 Å². The zero-order valence-electron chi connectivity index (χ0n) is 17.8. The Bertz CT molecular complexity index is 1170. The van der Waals surface area contributed by atoms with Gasteiger partial charge in [0.15, 0.2) is 5.82 Å². The third-order valence-electron chi connectivity index (χ3n) is 6.97. The summed E-state index contributed by atoms with van der Waals surface area (Å²) >= 11 is 0. The number of piperidine rings is 2. The van der Waals surface area contributed by atoms with Crippen molar-refractivity contribution in [3.8, 4) is 17.0 Å². The number of alkyl halides is 1. The molecule has 7 heteroatoms. The number of fused-ring (bicyclic) bond motifs is 3. The van der Waals surface area contributed by atoms with Gasteiger partial charge in [0.1, 0.15) is 17.6 Å². The lowest BCUT2D eigenvalue weighted by Crippen LogP contribution is -2.68. The van der Waals surface area contributed by atoms with Crippen LogP contribution in [0.5, 0.6) is 5.75 Å². The van der Waals surface area contributed by atoms with Crippen molar-refractivity contribution >= 4 is 16.3 Å². The zero-order chi connectivity index (χ0) is 21.8. The number of hydrogen-bond acceptors (Lipinski definition) is 6. The van der Waals surface area contributed by atoms with E-state index in [1.165, 1.54) is 0 Å². The van der Waals surface area contributed by atoms with Crippen molar-refractivity contribution in [3.63, 3.8) is 0 Å². The van der Waals surface area contributed by atoms with Crippen LogP contribution in [-0.4, -0.2) is 42.5 Å². The molecule has 0 spiro atoms. The Morgan fingerprint density at radius 3 is 2.81 bits per heavy atom. The first-order valence-corrected chi connectivity index (χ1v) is 10.7. The second-order valence-electron chi connectivity index (χ2n) is 9.45. The molecule has 0 aliphatic carbocycles. The van der Waals surface area contributed by atoms with Crippen molar-refractivity contribution in [2.75, 3.05) is 0 Å². The van der Waals surface area contributed by atoms with Crippen LogP contribution >= 0.6 is 0 Å². The van der Waals surface area contributed by atoms with E-state index < -0.39 is 11.7 Å². The number of halogens is 1. The number of pyridine rings is 1. The predicted octanol–water partition coefficient (Wildman–Crippen LogP) is 4.45. The van der Waals surface area contributed by atoms with Gasteiger partial charge in [-0.25, -0.2) is 9.37 Å². The Hall–Kier alpha value is -2.93. The number of benzene rings is 1. The van der Waals surface area contributed by atoms with Gasteiger partial charge in [-0.15, -0.1) is 10.2 Å². The fourth-order valence-corrected chi connectivity index (χ4v) is 5.39. The van der Waals surface area contributed by atoms with Crippen molar-refractivity contribution in [2.24, 2.45) is 5.92 Å². The molecular weight excluding hydrogens is 393 g/mol. The molecule has 0 amide bonds. The predicted molar refractivity (Wildman–Crippen MR) is 118 cm³/mol. The number of phenols is 1. The number of aromatic nitrogens is 4. The van der Waals surface area contributed by atoms with Crippen LogP contribution in [-0.2, 0) is 0 Å². The van der Waals surface area contributed by atoms with Crippen LogP contribution in [0.2, 0.25) is 0 Å². The van der Waals surface area contributed by atoms with E-state index in [-0.39, 0.29) is 17.2 Å². The second kappa shape index (κ2) is 7.05. The number of nitrogens with one attached hydrogen (secondary N) is 1. The van der Waals surface area contributed by atoms with E-state index in [9.17, 15) is 5.11 Å². The van der Waals surface area contributed by atoms with Gasteiger partial charge >= 0.3 is 0 Å². The Balaban J connectivity index is 1.44. The topological polar surface area (TPSA) is 83.8 Å². The van der Waals surface area contributed by atoms with Crippen molar-refractivity contribution in [1.82, 2.24) is 25.5 Å². The minimum atomic E-state index is -1.06. The molecule has 2 aromatic heterocycles. The average molecular weight is 420 g/mol. The highest BCUT2D eigenvalue weighted by atomic mass is 19.1. The van der Waals surface area contributed by atoms with E-state index in [0.29, 0.717) is 29.1 Å². The molecule has 4 heterocycles. The molecule has 2 aliphatic rings. The van der Waals surface area contributed by atoms with Crippen LogP contribution in [0.1, 0.15) is 45.4 Å². The molecule has 2 N–H and O–H groups in total. The third kappa shape index (κ3) is 3.37. The lowest BCUT2D eigenvalue weighted by molar-refractivity contribution is -0.00610. The molecular formula is C24H26FN5O. The molecule has 6 nitrogen and oxygen atoms in total. The molecule has 0 saturated carbocycles. The van der Waals surface area contributed by atoms with Crippen molar-refractivity contribution < 1.29 is 9.50 Å². The molecule has 2 fully saturated rings. The quantitative estimate of drug-likeness (QED) is 0.652. The van der Waals surface area contributed by atoms with Crippen LogP contribution in [0.15, 0.2) is 43.4 Å². The van der Waals surface area contributed by atoms with Crippen molar-refractivity contribution in [3.05, 3.63) is 49.2 Å². The standard InChI is InChI=1S/C24H26FN5O/c1-14(18-11-23(2)6-4-7-24(3,30-23)21(18)25)22-27-13-19(28-29-22)17-9-15-5-8-26-12-16(15)10-20(17)31/h5,8-10,12-13,18,21,30-31H,1,4,6-7,11H2,2-3H3/t18-,21-,23+,24-/m0/s1. The summed E-state index contributed by atoms with van der Waals surface area (Å²) < 4.78 is 15.5. The summed E-state index contributed by atoms with van der Waals surface area (Å²) in [7, 11) is 0. The van der Waals surface area contributed by atoms with Crippen LogP contribution < -0.4 is 5.32 Å². The molecule has 2 aliphatic heterocycles. The summed E-state index contributed by atoms with van der Waals surface area (Å²) in [6, 6.07) is 5.35. The summed E-state index contributed by atoms with van der Waals surface area (Å²) in [6.07, 6.45) is 7.41. The first-order valence-electron chi connectivity index (χ1n) is 10.7. The van der Waals surface area contributed by atoms with Crippen molar-refractivity contribution in [2.45, 2.75) is 56.8 Å². The molecule has 5 rings (SSSR count). The second-order valence-corrected chi connectivity index (χ2v) is 9.45. The summed E-state index contributed by atoms with van der Waals surface area (Å²) in [6.45, 7) is 8.29. The zero-order valence-corrected chi connectivity index (χ0v) is 17.8. The maximum absolute atomic E-state index is 15.5. The molecule has 1 aromatic carbocycles. The molecule has 160 valence electrons. The Kier molecular flexibility index (Phi) is 4.55. The normalized spacial score (nSPS) is 30.3. The van der Waals surface area contributed by atoms with Crippen LogP contribution in [0.3, 0.4) is 0 Å². The Labute approximate surface area is 180 Å². The minimum absolute atomic E-state index is 0.0824. The Morgan fingerprint density at radius 1 is 1.19 bits per heavy atom. The van der Waals surface area contributed by atoms with Gasteiger partial charge in [-0.3, -0.25) is 4.98 Å². The van der Waals surface area contributed by atoms with Gasteiger partial charge in [-0.1, -0.05) is 6.58 Å². The first-order chi connectivity index (χ1) is 14.8. The number of rotatable bonds is 3. The number of hydrogen-bond donors (Lipinski definition) is 2. The van der Waals surface area contributed by atoms with Crippen molar-refractivity contribution in [1.29, 1.82) is 0 Å². The van der Waals surface area contributed by atoms with Gasteiger partial charge in [0.25, 0.3) is 0 Å². The fourth-order valence-electron chi connectivity index (χ4n) is 5.39. The van der Waals surface area contributed by atoms with E-state index >= 15 is 4.39 Å². The molecule has 0 radical (unpaired) electrons. The molecule has 2 bridgehead atoms. The van der Waals surface area contributed by atoms with Gasteiger partial charge in [-0.2, -0.15) is 0 Å². The van der Waals surface area contributed by atoms with E-state index in [0.717, 1.165) is 30.0 Å². The molecule has 3 aromatic rings. The molecule has 0 unspecified atom stereocenters. The monoisotopic (exact) mass is 419 g/mol. The van der Waals surface area contributed by atoms with Gasteiger partial charge in [0, 0.05) is 40.3 Å². The number of phenolic OH excluding ortho intramolecular Hbond substituents is 1. The summed E-state index contributed by atoms with van der Waals surface area (Å²) in [5, 5.41) is 24.3.